The number of ether oxygens (including phenoxy) is 1. The van der Waals surface area contributed by atoms with Gasteiger partial charge in [-0.05, 0) is 24.0 Å². The molecule has 2 nitrogen and oxygen atoms in total. The van der Waals surface area contributed by atoms with Crippen molar-refractivity contribution in [2.45, 2.75) is 38.4 Å². The number of rotatable bonds is 7. The van der Waals surface area contributed by atoms with Gasteiger partial charge in [0, 0.05) is 12.6 Å². The Balaban J connectivity index is 2.34. The number of hydrogen-bond acceptors (Lipinski definition) is 2. The number of alkyl halides is 3. The van der Waals surface area contributed by atoms with Crippen molar-refractivity contribution in [1.82, 2.24) is 0 Å². The highest BCUT2D eigenvalue weighted by Gasteiger charge is 2.27. The quantitative estimate of drug-likeness (QED) is 0.771. The molecule has 0 heterocycles. The Morgan fingerprint density at radius 2 is 1.84 bits per heavy atom. The summed E-state index contributed by atoms with van der Waals surface area (Å²) in [6.07, 6.45) is -1.80. The predicted octanol–water partition coefficient (Wildman–Crippen LogP) is 3.61. The van der Waals surface area contributed by atoms with E-state index in [-0.39, 0.29) is 12.6 Å². The van der Waals surface area contributed by atoms with E-state index < -0.39 is 12.8 Å². The molecular weight excluding hydrogens is 255 g/mol. The maximum absolute atomic E-state index is 11.9. The average Bonchev–Trinajstić information content (AvgIpc) is 2.34. The van der Waals surface area contributed by atoms with Gasteiger partial charge in [0.25, 0.3) is 0 Å². The number of halogens is 3. The van der Waals surface area contributed by atoms with Gasteiger partial charge in [0.2, 0.25) is 0 Å². The molecule has 0 bridgehead atoms. The van der Waals surface area contributed by atoms with Crippen molar-refractivity contribution in [2.24, 2.45) is 5.73 Å². The van der Waals surface area contributed by atoms with Gasteiger partial charge in [0.1, 0.15) is 6.61 Å². The van der Waals surface area contributed by atoms with Crippen LogP contribution in [0.4, 0.5) is 13.2 Å². The Labute approximate surface area is 111 Å². The van der Waals surface area contributed by atoms with Gasteiger partial charge < -0.3 is 10.5 Å². The molecule has 0 aliphatic carbocycles. The van der Waals surface area contributed by atoms with Crippen molar-refractivity contribution in [2.75, 3.05) is 13.2 Å². The fourth-order valence-electron chi connectivity index (χ4n) is 1.79. The second kappa shape index (κ2) is 7.50. The molecule has 0 aliphatic heterocycles. The largest absolute Gasteiger partial charge is 0.411 e. The summed E-state index contributed by atoms with van der Waals surface area (Å²) in [6, 6.07) is 7.59. The first kappa shape index (κ1) is 16.0. The van der Waals surface area contributed by atoms with Crippen LogP contribution in [0.3, 0.4) is 0 Å². The molecule has 0 aliphatic rings. The minimum absolute atomic E-state index is 0.0113. The molecular formula is C14H20F3NO. The van der Waals surface area contributed by atoms with Crippen LogP contribution in [0.25, 0.3) is 0 Å². The van der Waals surface area contributed by atoms with Crippen LogP contribution in [-0.4, -0.2) is 19.4 Å². The summed E-state index contributed by atoms with van der Waals surface area (Å²) >= 11 is 0. The summed E-state index contributed by atoms with van der Waals surface area (Å²) in [5.41, 5.74) is 8.08. The van der Waals surface area contributed by atoms with E-state index in [9.17, 15) is 13.2 Å². The fraction of sp³-hybridized carbons (Fsp3) is 0.571. The van der Waals surface area contributed by atoms with Crippen LogP contribution in [0, 0.1) is 0 Å². The average molecular weight is 275 g/mol. The third-order valence-corrected chi connectivity index (χ3v) is 2.79. The molecule has 1 aromatic rings. The molecule has 0 amide bonds. The number of aryl methyl sites for hydroxylation is 1. The molecule has 5 heteroatoms. The molecule has 0 radical (unpaired) electrons. The van der Waals surface area contributed by atoms with Crippen LogP contribution in [0.2, 0.25) is 0 Å². The Hall–Kier alpha value is -1.07. The van der Waals surface area contributed by atoms with E-state index in [1.54, 1.807) is 0 Å². The number of hydrogen-bond donors (Lipinski definition) is 1. The Morgan fingerprint density at radius 1 is 1.21 bits per heavy atom. The summed E-state index contributed by atoms with van der Waals surface area (Å²) < 4.78 is 40.1. The van der Waals surface area contributed by atoms with E-state index in [0.29, 0.717) is 6.42 Å². The summed E-state index contributed by atoms with van der Waals surface area (Å²) in [4.78, 5) is 0. The third-order valence-electron chi connectivity index (χ3n) is 2.79. The van der Waals surface area contributed by atoms with E-state index in [2.05, 4.69) is 11.7 Å². The molecule has 108 valence electrons. The smallest absolute Gasteiger partial charge is 0.372 e. The van der Waals surface area contributed by atoms with Gasteiger partial charge in [0.05, 0.1) is 0 Å². The highest BCUT2D eigenvalue weighted by Crippen LogP contribution is 2.18. The van der Waals surface area contributed by atoms with Gasteiger partial charge in [-0.15, -0.1) is 0 Å². The van der Waals surface area contributed by atoms with Gasteiger partial charge in [-0.25, -0.2) is 0 Å². The summed E-state index contributed by atoms with van der Waals surface area (Å²) in [5.74, 6) is 0. The minimum atomic E-state index is -4.27. The molecule has 1 atom stereocenters. The molecule has 2 N–H and O–H groups in total. The van der Waals surface area contributed by atoms with Gasteiger partial charge in [-0.2, -0.15) is 13.2 Å². The topological polar surface area (TPSA) is 35.2 Å². The summed E-state index contributed by atoms with van der Waals surface area (Å²) in [6.45, 7) is 0.907. The van der Waals surface area contributed by atoms with Gasteiger partial charge in [-0.3, -0.25) is 0 Å². The molecule has 0 saturated carbocycles. The van der Waals surface area contributed by atoms with Crippen LogP contribution in [0.1, 0.15) is 36.9 Å². The van der Waals surface area contributed by atoms with Crippen molar-refractivity contribution in [3.8, 4) is 0 Å². The molecule has 19 heavy (non-hydrogen) atoms. The van der Waals surface area contributed by atoms with E-state index in [0.717, 1.165) is 18.4 Å². The second-order valence-corrected chi connectivity index (χ2v) is 4.55. The molecule has 0 spiro atoms. The van der Waals surface area contributed by atoms with Crippen LogP contribution in [0.15, 0.2) is 24.3 Å². The van der Waals surface area contributed by atoms with Gasteiger partial charge >= 0.3 is 6.18 Å². The fourth-order valence-corrected chi connectivity index (χ4v) is 1.79. The summed E-state index contributed by atoms with van der Waals surface area (Å²) in [5, 5.41) is 0. The Bertz CT molecular complexity index is 362. The Kier molecular flexibility index (Phi) is 6.31. The van der Waals surface area contributed by atoms with Crippen molar-refractivity contribution in [3.05, 3.63) is 35.4 Å². The van der Waals surface area contributed by atoms with E-state index in [1.165, 1.54) is 5.56 Å². The lowest BCUT2D eigenvalue weighted by Crippen LogP contribution is -2.19. The van der Waals surface area contributed by atoms with Crippen LogP contribution in [0.5, 0.6) is 0 Å². The van der Waals surface area contributed by atoms with E-state index in [1.807, 2.05) is 24.3 Å². The highest BCUT2D eigenvalue weighted by molar-refractivity contribution is 5.24. The lowest BCUT2D eigenvalue weighted by atomic mass is 10.0. The van der Waals surface area contributed by atoms with Crippen molar-refractivity contribution < 1.29 is 17.9 Å². The maximum atomic E-state index is 11.9. The standard InChI is InChI=1S/C14H20F3NO/c1-2-3-11-4-6-12(7-5-11)13(18)8-9-19-10-14(15,16)17/h4-7,13H,2-3,8-10,18H2,1H3. The molecule has 1 rings (SSSR count). The first-order chi connectivity index (χ1) is 8.92. The third kappa shape index (κ3) is 6.59. The van der Waals surface area contributed by atoms with Crippen LogP contribution in [-0.2, 0) is 11.2 Å². The normalized spacial score (nSPS) is 13.5. The summed E-state index contributed by atoms with van der Waals surface area (Å²) in [7, 11) is 0. The molecule has 0 fully saturated rings. The second-order valence-electron chi connectivity index (χ2n) is 4.55. The van der Waals surface area contributed by atoms with E-state index in [4.69, 9.17) is 5.73 Å². The van der Waals surface area contributed by atoms with Crippen molar-refractivity contribution >= 4 is 0 Å². The lowest BCUT2D eigenvalue weighted by molar-refractivity contribution is -0.174. The molecule has 1 unspecified atom stereocenters. The molecule has 0 aromatic heterocycles. The predicted molar refractivity (Wildman–Crippen MR) is 68.9 cm³/mol. The maximum Gasteiger partial charge on any atom is 0.411 e. The van der Waals surface area contributed by atoms with Crippen molar-refractivity contribution in [1.29, 1.82) is 0 Å². The monoisotopic (exact) mass is 275 g/mol. The first-order valence-corrected chi connectivity index (χ1v) is 6.41. The lowest BCUT2D eigenvalue weighted by Gasteiger charge is -2.13. The zero-order chi connectivity index (χ0) is 14.3. The molecule has 0 saturated heterocycles. The molecule has 1 aromatic carbocycles. The number of benzene rings is 1. The zero-order valence-corrected chi connectivity index (χ0v) is 11.0. The minimum Gasteiger partial charge on any atom is -0.372 e. The first-order valence-electron chi connectivity index (χ1n) is 6.41. The van der Waals surface area contributed by atoms with Crippen LogP contribution < -0.4 is 5.73 Å². The van der Waals surface area contributed by atoms with Gasteiger partial charge in [0.15, 0.2) is 0 Å². The zero-order valence-electron chi connectivity index (χ0n) is 11.0. The number of nitrogens with two attached hydrogens (primary N) is 1. The highest BCUT2D eigenvalue weighted by atomic mass is 19.4. The Morgan fingerprint density at radius 3 is 2.37 bits per heavy atom. The van der Waals surface area contributed by atoms with E-state index >= 15 is 0 Å². The van der Waals surface area contributed by atoms with Gasteiger partial charge in [-0.1, -0.05) is 37.6 Å². The van der Waals surface area contributed by atoms with Crippen molar-refractivity contribution in [3.63, 3.8) is 0 Å². The van der Waals surface area contributed by atoms with Crippen LogP contribution >= 0.6 is 0 Å². The SMILES string of the molecule is CCCc1ccc(C(N)CCOCC(F)(F)F)cc1.